The second-order valence-corrected chi connectivity index (χ2v) is 2.91. The minimum Gasteiger partial charge on any atom is -0.478 e. The third-order valence-electron chi connectivity index (χ3n) is 1.26. The van der Waals surface area contributed by atoms with E-state index in [1.807, 2.05) is 19.0 Å². The smallest absolute Gasteiger partial charge is 0.330 e. The maximum absolute atomic E-state index is 10.1. The van der Waals surface area contributed by atoms with E-state index in [1.165, 1.54) is 0 Å². The third kappa shape index (κ3) is 8.84. The number of carboxylic acid groups (broad SMARTS) is 1. The number of hydrogen-bond acceptors (Lipinski definition) is 4. The highest BCUT2D eigenvalue weighted by atomic mass is 16.5. The van der Waals surface area contributed by atoms with Crippen LogP contribution in [-0.4, -0.2) is 49.8 Å². The molecule has 0 aromatic carbocycles. The van der Waals surface area contributed by atoms with Crippen LogP contribution < -0.4 is 5.73 Å². The van der Waals surface area contributed by atoms with Crippen LogP contribution in [0.3, 0.4) is 0 Å². The SMILES string of the molecule is CN(C)CCOCC(N)=CC(=O)O. The van der Waals surface area contributed by atoms with E-state index in [1.54, 1.807) is 0 Å². The van der Waals surface area contributed by atoms with E-state index in [9.17, 15) is 4.79 Å². The number of carbonyl (C=O) groups is 1. The number of ether oxygens (including phenoxy) is 1. The molecule has 0 aliphatic heterocycles. The molecule has 0 rings (SSSR count). The summed E-state index contributed by atoms with van der Waals surface area (Å²) in [5.74, 6) is -1.05. The molecule has 5 nitrogen and oxygen atoms in total. The first-order valence-electron chi connectivity index (χ1n) is 3.94. The molecule has 0 heterocycles. The molecule has 0 unspecified atom stereocenters. The lowest BCUT2D eigenvalue weighted by Gasteiger charge is -2.09. The van der Waals surface area contributed by atoms with Gasteiger partial charge in [0.15, 0.2) is 0 Å². The highest BCUT2D eigenvalue weighted by Gasteiger charge is 1.95. The van der Waals surface area contributed by atoms with Gasteiger partial charge in [0.2, 0.25) is 0 Å². The molecule has 0 aliphatic carbocycles. The van der Waals surface area contributed by atoms with Crippen molar-refractivity contribution >= 4 is 5.97 Å². The van der Waals surface area contributed by atoms with Crippen molar-refractivity contribution in [3.8, 4) is 0 Å². The lowest BCUT2D eigenvalue weighted by atomic mass is 10.4. The monoisotopic (exact) mass is 188 g/mol. The molecular formula is C8H16N2O3. The Kier molecular flexibility index (Phi) is 5.92. The minimum atomic E-state index is -1.05. The molecule has 0 aromatic rings. The summed E-state index contributed by atoms with van der Waals surface area (Å²) in [6.45, 7) is 1.50. The van der Waals surface area contributed by atoms with Gasteiger partial charge < -0.3 is 20.5 Å². The fraction of sp³-hybridized carbons (Fsp3) is 0.625. The molecule has 0 atom stereocenters. The number of likely N-dealkylation sites (N-methyl/N-ethyl adjacent to an activating group) is 1. The van der Waals surface area contributed by atoms with E-state index in [-0.39, 0.29) is 12.3 Å². The van der Waals surface area contributed by atoms with Gasteiger partial charge in [-0.25, -0.2) is 4.79 Å². The number of aliphatic carboxylic acids is 1. The lowest BCUT2D eigenvalue weighted by molar-refractivity contribution is -0.131. The van der Waals surface area contributed by atoms with Crippen molar-refractivity contribution in [3.63, 3.8) is 0 Å². The molecule has 0 radical (unpaired) electrons. The first-order chi connectivity index (χ1) is 6.02. The molecule has 0 aromatic heterocycles. The molecule has 0 spiro atoms. The van der Waals surface area contributed by atoms with Gasteiger partial charge in [-0.3, -0.25) is 0 Å². The average molecular weight is 188 g/mol. The zero-order chi connectivity index (χ0) is 10.3. The molecule has 0 fully saturated rings. The summed E-state index contributed by atoms with van der Waals surface area (Å²) in [5, 5.41) is 8.31. The van der Waals surface area contributed by atoms with Crippen LogP contribution in [0.1, 0.15) is 0 Å². The number of carboxylic acids is 1. The van der Waals surface area contributed by atoms with Crippen LogP contribution in [0.5, 0.6) is 0 Å². The summed E-state index contributed by atoms with van der Waals surface area (Å²) in [4.78, 5) is 12.1. The van der Waals surface area contributed by atoms with Gasteiger partial charge in [-0.2, -0.15) is 0 Å². The van der Waals surface area contributed by atoms with Crippen LogP contribution >= 0.6 is 0 Å². The highest BCUT2D eigenvalue weighted by Crippen LogP contribution is 1.86. The standard InChI is InChI=1S/C8H16N2O3/c1-10(2)3-4-13-6-7(9)5-8(11)12/h5H,3-4,6,9H2,1-2H3,(H,11,12). The molecule has 0 bridgehead atoms. The molecule has 0 saturated heterocycles. The van der Waals surface area contributed by atoms with E-state index in [0.717, 1.165) is 12.6 Å². The van der Waals surface area contributed by atoms with Crippen molar-refractivity contribution in [1.82, 2.24) is 4.90 Å². The van der Waals surface area contributed by atoms with Gasteiger partial charge in [0.05, 0.1) is 13.2 Å². The van der Waals surface area contributed by atoms with E-state index in [2.05, 4.69) is 0 Å². The van der Waals surface area contributed by atoms with Crippen molar-refractivity contribution < 1.29 is 14.6 Å². The molecule has 0 aliphatic rings. The van der Waals surface area contributed by atoms with Gasteiger partial charge in [-0.15, -0.1) is 0 Å². The van der Waals surface area contributed by atoms with E-state index in [0.29, 0.717) is 6.61 Å². The van der Waals surface area contributed by atoms with Crippen LogP contribution in [0.4, 0.5) is 0 Å². The Balaban J connectivity index is 3.48. The van der Waals surface area contributed by atoms with Crippen LogP contribution in [0.15, 0.2) is 11.8 Å². The quantitative estimate of drug-likeness (QED) is 0.434. The molecule has 5 heteroatoms. The minimum absolute atomic E-state index is 0.167. The zero-order valence-corrected chi connectivity index (χ0v) is 7.99. The van der Waals surface area contributed by atoms with Crippen molar-refractivity contribution in [2.45, 2.75) is 0 Å². The lowest BCUT2D eigenvalue weighted by Crippen LogP contribution is -2.19. The summed E-state index contributed by atoms with van der Waals surface area (Å²) in [6.07, 6.45) is 0.940. The van der Waals surface area contributed by atoms with Crippen molar-refractivity contribution in [2.75, 3.05) is 33.9 Å². The van der Waals surface area contributed by atoms with Gasteiger partial charge in [-0.05, 0) is 14.1 Å². The predicted octanol–water partition coefficient (Wildman–Crippen LogP) is -0.508. The summed E-state index contributed by atoms with van der Waals surface area (Å²) >= 11 is 0. The van der Waals surface area contributed by atoms with Crippen molar-refractivity contribution in [3.05, 3.63) is 11.8 Å². The summed E-state index contributed by atoms with van der Waals surface area (Å²) < 4.78 is 5.11. The maximum atomic E-state index is 10.1. The Morgan fingerprint density at radius 2 is 2.23 bits per heavy atom. The number of rotatable bonds is 6. The van der Waals surface area contributed by atoms with Crippen LogP contribution in [-0.2, 0) is 9.53 Å². The predicted molar refractivity (Wildman–Crippen MR) is 49.3 cm³/mol. The first kappa shape index (κ1) is 11.9. The Morgan fingerprint density at radius 3 is 2.69 bits per heavy atom. The maximum Gasteiger partial charge on any atom is 0.330 e. The van der Waals surface area contributed by atoms with E-state index >= 15 is 0 Å². The zero-order valence-electron chi connectivity index (χ0n) is 7.99. The Bertz CT molecular complexity index is 190. The van der Waals surface area contributed by atoms with Gasteiger partial charge in [0.25, 0.3) is 0 Å². The normalized spacial score (nSPS) is 12.1. The fourth-order valence-electron chi connectivity index (χ4n) is 0.637. The van der Waals surface area contributed by atoms with Gasteiger partial charge in [-0.1, -0.05) is 0 Å². The van der Waals surface area contributed by atoms with E-state index in [4.69, 9.17) is 15.6 Å². The van der Waals surface area contributed by atoms with Gasteiger partial charge in [0.1, 0.15) is 0 Å². The van der Waals surface area contributed by atoms with Crippen LogP contribution in [0.2, 0.25) is 0 Å². The molecular weight excluding hydrogens is 172 g/mol. The molecule has 0 amide bonds. The summed E-state index contributed by atoms with van der Waals surface area (Å²) in [5.41, 5.74) is 5.56. The molecule has 76 valence electrons. The Hall–Kier alpha value is -1.07. The summed E-state index contributed by atoms with van der Waals surface area (Å²) in [7, 11) is 3.86. The first-order valence-corrected chi connectivity index (χ1v) is 3.94. The Labute approximate surface area is 77.8 Å². The second kappa shape index (κ2) is 6.45. The number of hydrogen-bond donors (Lipinski definition) is 2. The largest absolute Gasteiger partial charge is 0.478 e. The average Bonchev–Trinajstić information content (AvgIpc) is 1.96. The van der Waals surface area contributed by atoms with E-state index < -0.39 is 5.97 Å². The third-order valence-corrected chi connectivity index (χ3v) is 1.26. The Morgan fingerprint density at radius 1 is 1.62 bits per heavy atom. The van der Waals surface area contributed by atoms with Crippen molar-refractivity contribution in [2.24, 2.45) is 5.73 Å². The molecule has 0 saturated carbocycles. The topological polar surface area (TPSA) is 75.8 Å². The van der Waals surface area contributed by atoms with Crippen LogP contribution in [0, 0.1) is 0 Å². The van der Waals surface area contributed by atoms with Gasteiger partial charge >= 0.3 is 5.97 Å². The van der Waals surface area contributed by atoms with Crippen molar-refractivity contribution in [1.29, 1.82) is 0 Å². The summed E-state index contributed by atoms with van der Waals surface area (Å²) in [6, 6.07) is 0. The number of nitrogens with zero attached hydrogens (tertiary/aromatic N) is 1. The molecule has 3 N–H and O–H groups in total. The van der Waals surface area contributed by atoms with Crippen LogP contribution in [0.25, 0.3) is 0 Å². The number of nitrogens with two attached hydrogens (primary N) is 1. The molecule has 13 heavy (non-hydrogen) atoms. The second-order valence-electron chi connectivity index (χ2n) is 2.91. The highest BCUT2D eigenvalue weighted by molar-refractivity contribution is 5.80. The van der Waals surface area contributed by atoms with Gasteiger partial charge in [0, 0.05) is 18.3 Å². The fourth-order valence-corrected chi connectivity index (χ4v) is 0.637.